The van der Waals surface area contributed by atoms with Crippen molar-refractivity contribution in [1.29, 1.82) is 0 Å². The van der Waals surface area contributed by atoms with Crippen LogP contribution in [0, 0.1) is 5.41 Å². The van der Waals surface area contributed by atoms with Crippen molar-refractivity contribution in [1.82, 2.24) is 0 Å². The summed E-state index contributed by atoms with van der Waals surface area (Å²) in [5.74, 6) is 0. The first-order valence-corrected chi connectivity index (χ1v) is 8.44. The molecule has 0 amide bonds. The highest BCUT2D eigenvalue weighted by Gasteiger charge is 2.35. The van der Waals surface area contributed by atoms with E-state index in [0.29, 0.717) is 5.41 Å². The van der Waals surface area contributed by atoms with Crippen LogP contribution in [0.1, 0.15) is 66.2 Å². The molecule has 1 heterocycles. The zero-order valence-electron chi connectivity index (χ0n) is 12.4. The SMILES string of the molecule is CCC(C)(CBr)CC(C)(CC)OC1CCCCO1. The molecule has 2 nitrogen and oxygen atoms in total. The Balaban J connectivity index is 2.60. The van der Waals surface area contributed by atoms with E-state index in [0.717, 1.165) is 31.2 Å². The predicted octanol–water partition coefficient (Wildman–Crippen LogP) is 4.90. The maximum atomic E-state index is 6.28. The molecule has 0 N–H and O–H groups in total. The molecule has 1 aliphatic rings. The summed E-state index contributed by atoms with van der Waals surface area (Å²) < 4.78 is 12.0. The summed E-state index contributed by atoms with van der Waals surface area (Å²) in [5, 5.41) is 1.03. The van der Waals surface area contributed by atoms with Gasteiger partial charge in [0.1, 0.15) is 0 Å². The number of rotatable bonds is 7. The molecule has 1 aliphatic heterocycles. The molecule has 3 atom stereocenters. The minimum absolute atomic E-state index is 0.0140. The highest BCUT2D eigenvalue weighted by atomic mass is 79.9. The lowest BCUT2D eigenvalue weighted by Gasteiger charge is -2.40. The molecular formula is C15H29BrO2. The average molecular weight is 321 g/mol. The molecule has 18 heavy (non-hydrogen) atoms. The molecule has 0 spiro atoms. The van der Waals surface area contributed by atoms with E-state index in [9.17, 15) is 0 Å². The molecule has 0 saturated carbocycles. The molecule has 1 rings (SSSR count). The molecule has 0 aromatic carbocycles. The van der Waals surface area contributed by atoms with Crippen molar-refractivity contribution in [2.75, 3.05) is 11.9 Å². The van der Waals surface area contributed by atoms with E-state index in [2.05, 4.69) is 43.6 Å². The van der Waals surface area contributed by atoms with Crippen LogP contribution in [0.25, 0.3) is 0 Å². The van der Waals surface area contributed by atoms with Gasteiger partial charge in [0.15, 0.2) is 6.29 Å². The molecular weight excluding hydrogens is 292 g/mol. The Morgan fingerprint density at radius 2 is 1.94 bits per heavy atom. The fourth-order valence-corrected chi connectivity index (χ4v) is 3.14. The third-order valence-corrected chi connectivity index (χ3v) is 5.63. The average Bonchev–Trinajstić information content (AvgIpc) is 2.39. The van der Waals surface area contributed by atoms with Gasteiger partial charge in [0.2, 0.25) is 0 Å². The summed E-state index contributed by atoms with van der Waals surface area (Å²) in [5.41, 5.74) is 0.236. The maximum absolute atomic E-state index is 6.28. The largest absolute Gasteiger partial charge is 0.353 e. The van der Waals surface area contributed by atoms with Gasteiger partial charge in [-0.3, -0.25) is 0 Å². The Hall–Kier alpha value is 0.400. The summed E-state index contributed by atoms with van der Waals surface area (Å²) in [6.07, 6.45) is 6.76. The summed E-state index contributed by atoms with van der Waals surface area (Å²) >= 11 is 3.65. The van der Waals surface area contributed by atoms with Gasteiger partial charge in [0.25, 0.3) is 0 Å². The Morgan fingerprint density at radius 1 is 1.22 bits per heavy atom. The minimum atomic E-state index is -0.0689. The van der Waals surface area contributed by atoms with Gasteiger partial charge < -0.3 is 9.47 Å². The lowest BCUT2D eigenvalue weighted by atomic mass is 9.78. The van der Waals surface area contributed by atoms with Crippen LogP contribution < -0.4 is 0 Å². The molecule has 0 aliphatic carbocycles. The lowest BCUT2D eigenvalue weighted by molar-refractivity contribution is -0.228. The van der Waals surface area contributed by atoms with Crippen molar-refractivity contribution < 1.29 is 9.47 Å². The summed E-state index contributed by atoms with van der Waals surface area (Å²) in [7, 11) is 0. The molecule has 0 radical (unpaired) electrons. The first-order valence-electron chi connectivity index (χ1n) is 7.32. The zero-order valence-corrected chi connectivity index (χ0v) is 14.0. The number of hydrogen-bond acceptors (Lipinski definition) is 2. The Bertz CT molecular complexity index is 235. The van der Waals surface area contributed by atoms with Gasteiger partial charge in [-0.2, -0.15) is 0 Å². The highest BCUT2D eigenvalue weighted by Crippen LogP contribution is 2.38. The third-order valence-electron chi connectivity index (χ3n) is 4.28. The molecule has 0 bridgehead atoms. The van der Waals surface area contributed by atoms with Gasteiger partial charge in [0, 0.05) is 11.9 Å². The Kier molecular flexibility index (Phi) is 6.63. The van der Waals surface area contributed by atoms with Gasteiger partial charge in [-0.15, -0.1) is 0 Å². The first kappa shape index (κ1) is 16.5. The van der Waals surface area contributed by atoms with Crippen LogP contribution in [0.5, 0.6) is 0 Å². The molecule has 108 valence electrons. The van der Waals surface area contributed by atoms with Crippen molar-refractivity contribution in [2.45, 2.75) is 78.1 Å². The van der Waals surface area contributed by atoms with E-state index >= 15 is 0 Å². The second kappa shape index (κ2) is 7.25. The van der Waals surface area contributed by atoms with E-state index in [4.69, 9.17) is 9.47 Å². The van der Waals surface area contributed by atoms with Crippen LogP contribution in [0.3, 0.4) is 0 Å². The van der Waals surface area contributed by atoms with Crippen molar-refractivity contribution >= 4 is 15.9 Å². The van der Waals surface area contributed by atoms with Crippen molar-refractivity contribution in [3.05, 3.63) is 0 Å². The quantitative estimate of drug-likeness (QED) is 0.621. The molecule has 0 aromatic heterocycles. The topological polar surface area (TPSA) is 18.5 Å². The molecule has 1 saturated heterocycles. The summed E-state index contributed by atoms with van der Waals surface area (Å²) in [6.45, 7) is 9.90. The van der Waals surface area contributed by atoms with Gasteiger partial charge in [-0.05, 0) is 50.9 Å². The molecule has 3 heteroatoms. The summed E-state index contributed by atoms with van der Waals surface area (Å²) in [4.78, 5) is 0. The normalized spacial score (nSPS) is 27.5. The van der Waals surface area contributed by atoms with Gasteiger partial charge in [-0.25, -0.2) is 0 Å². The van der Waals surface area contributed by atoms with Gasteiger partial charge >= 0.3 is 0 Å². The van der Waals surface area contributed by atoms with Crippen LogP contribution in [0.15, 0.2) is 0 Å². The van der Waals surface area contributed by atoms with Crippen LogP contribution in [-0.4, -0.2) is 23.8 Å². The third kappa shape index (κ3) is 4.82. The zero-order chi connectivity index (χ0) is 13.6. The van der Waals surface area contributed by atoms with E-state index in [1.807, 2.05) is 0 Å². The number of halogens is 1. The van der Waals surface area contributed by atoms with Crippen molar-refractivity contribution in [3.63, 3.8) is 0 Å². The molecule has 3 unspecified atom stereocenters. The fraction of sp³-hybridized carbons (Fsp3) is 1.00. The van der Waals surface area contributed by atoms with Gasteiger partial charge in [0.05, 0.1) is 5.60 Å². The van der Waals surface area contributed by atoms with Crippen LogP contribution in [0.4, 0.5) is 0 Å². The second-order valence-electron chi connectivity index (χ2n) is 6.19. The standard InChI is InChI=1S/C15H29BrO2/c1-5-14(3,12-16)11-15(4,6-2)18-13-9-7-8-10-17-13/h13H,5-12H2,1-4H3. The first-order chi connectivity index (χ1) is 8.47. The van der Waals surface area contributed by atoms with E-state index < -0.39 is 0 Å². The van der Waals surface area contributed by atoms with Crippen LogP contribution >= 0.6 is 15.9 Å². The predicted molar refractivity (Wildman–Crippen MR) is 80.2 cm³/mol. The number of ether oxygens (including phenoxy) is 2. The smallest absolute Gasteiger partial charge is 0.158 e. The molecule has 1 fully saturated rings. The second-order valence-corrected chi connectivity index (χ2v) is 6.75. The van der Waals surface area contributed by atoms with E-state index in [1.165, 1.54) is 19.3 Å². The van der Waals surface area contributed by atoms with Gasteiger partial charge in [-0.1, -0.05) is 36.7 Å². The van der Waals surface area contributed by atoms with E-state index in [-0.39, 0.29) is 11.9 Å². The summed E-state index contributed by atoms with van der Waals surface area (Å²) in [6, 6.07) is 0. The van der Waals surface area contributed by atoms with Crippen molar-refractivity contribution in [3.8, 4) is 0 Å². The fourth-order valence-electron chi connectivity index (χ4n) is 2.54. The van der Waals surface area contributed by atoms with Crippen LogP contribution in [-0.2, 0) is 9.47 Å². The maximum Gasteiger partial charge on any atom is 0.158 e. The monoisotopic (exact) mass is 320 g/mol. The number of hydrogen-bond donors (Lipinski definition) is 0. The minimum Gasteiger partial charge on any atom is -0.353 e. The van der Waals surface area contributed by atoms with E-state index in [1.54, 1.807) is 0 Å². The number of alkyl halides is 1. The Labute approximate surface area is 121 Å². The highest BCUT2D eigenvalue weighted by molar-refractivity contribution is 9.09. The molecule has 0 aromatic rings. The Morgan fingerprint density at radius 3 is 2.39 bits per heavy atom. The van der Waals surface area contributed by atoms with Crippen molar-refractivity contribution in [2.24, 2.45) is 5.41 Å². The lowest BCUT2D eigenvalue weighted by Crippen LogP contribution is -2.40. The van der Waals surface area contributed by atoms with Crippen LogP contribution in [0.2, 0.25) is 0 Å².